The van der Waals surface area contributed by atoms with E-state index in [4.69, 9.17) is 9.47 Å². The standard InChI is InChI=1S/C20H25NO3/c1-4-13-23-17-11-9-16(10-12-17)21-20(22)19(5-2)24-18-8-6-7-15(3)14-18/h6-12,14,19H,4-5,13H2,1-3H3,(H,21,22)/t19-/m0/s1. The molecule has 0 saturated carbocycles. The van der Waals surface area contributed by atoms with E-state index in [1.807, 2.05) is 62.4 Å². The first-order chi connectivity index (χ1) is 11.6. The fourth-order valence-electron chi connectivity index (χ4n) is 2.25. The molecule has 2 aromatic rings. The van der Waals surface area contributed by atoms with Crippen molar-refractivity contribution in [1.82, 2.24) is 0 Å². The topological polar surface area (TPSA) is 47.6 Å². The zero-order chi connectivity index (χ0) is 17.4. The summed E-state index contributed by atoms with van der Waals surface area (Å²) in [6.45, 7) is 6.68. The smallest absolute Gasteiger partial charge is 0.265 e. The highest BCUT2D eigenvalue weighted by atomic mass is 16.5. The minimum absolute atomic E-state index is 0.152. The zero-order valence-corrected chi connectivity index (χ0v) is 14.5. The Morgan fingerprint density at radius 2 is 1.83 bits per heavy atom. The molecule has 0 saturated heterocycles. The summed E-state index contributed by atoms with van der Waals surface area (Å²) in [6.07, 6.45) is 1.03. The molecule has 0 aromatic heterocycles. The summed E-state index contributed by atoms with van der Waals surface area (Å²) in [5.74, 6) is 1.36. The molecule has 1 atom stereocenters. The lowest BCUT2D eigenvalue weighted by atomic mass is 10.2. The molecule has 0 heterocycles. The number of nitrogens with one attached hydrogen (secondary N) is 1. The second-order valence-corrected chi connectivity index (χ2v) is 5.69. The van der Waals surface area contributed by atoms with Crippen LogP contribution in [-0.2, 0) is 4.79 Å². The van der Waals surface area contributed by atoms with Crippen LogP contribution in [0.3, 0.4) is 0 Å². The molecule has 0 bridgehead atoms. The van der Waals surface area contributed by atoms with E-state index in [0.29, 0.717) is 18.8 Å². The van der Waals surface area contributed by atoms with Crippen molar-refractivity contribution in [3.63, 3.8) is 0 Å². The number of rotatable bonds is 8. The first-order valence-electron chi connectivity index (χ1n) is 8.39. The molecule has 0 aliphatic heterocycles. The van der Waals surface area contributed by atoms with Gasteiger partial charge in [0, 0.05) is 5.69 Å². The fraction of sp³-hybridized carbons (Fsp3) is 0.350. The van der Waals surface area contributed by atoms with Gasteiger partial charge in [0.25, 0.3) is 5.91 Å². The third-order valence-electron chi connectivity index (χ3n) is 3.53. The Morgan fingerprint density at radius 1 is 1.08 bits per heavy atom. The van der Waals surface area contributed by atoms with Crippen molar-refractivity contribution in [2.24, 2.45) is 0 Å². The van der Waals surface area contributed by atoms with Gasteiger partial charge in [-0.15, -0.1) is 0 Å². The van der Waals surface area contributed by atoms with Gasteiger partial charge in [0.2, 0.25) is 0 Å². The van der Waals surface area contributed by atoms with Crippen LogP contribution >= 0.6 is 0 Å². The van der Waals surface area contributed by atoms with Crippen molar-refractivity contribution in [2.45, 2.75) is 39.7 Å². The predicted octanol–water partition coefficient (Wildman–Crippen LogP) is 4.58. The van der Waals surface area contributed by atoms with Crippen LogP contribution in [-0.4, -0.2) is 18.6 Å². The molecule has 0 aliphatic rings. The summed E-state index contributed by atoms with van der Waals surface area (Å²) in [6, 6.07) is 15.1. The highest BCUT2D eigenvalue weighted by Gasteiger charge is 2.18. The Labute approximate surface area is 143 Å². The maximum absolute atomic E-state index is 12.4. The lowest BCUT2D eigenvalue weighted by Gasteiger charge is -2.17. The average Bonchev–Trinajstić information content (AvgIpc) is 2.59. The van der Waals surface area contributed by atoms with Crippen LogP contribution in [0.2, 0.25) is 0 Å². The molecule has 2 aromatic carbocycles. The lowest BCUT2D eigenvalue weighted by molar-refractivity contribution is -0.122. The number of hydrogen-bond donors (Lipinski definition) is 1. The maximum Gasteiger partial charge on any atom is 0.265 e. The van der Waals surface area contributed by atoms with Gasteiger partial charge in [-0.25, -0.2) is 0 Å². The van der Waals surface area contributed by atoms with E-state index in [9.17, 15) is 4.79 Å². The molecule has 4 nitrogen and oxygen atoms in total. The minimum Gasteiger partial charge on any atom is -0.494 e. The van der Waals surface area contributed by atoms with Gasteiger partial charge in [0.1, 0.15) is 11.5 Å². The summed E-state index contributed by atoms with van der Waals surface area (Å²) in [4.78, 5) is 12.4. The van der Waals surface area contributed by atoms with Crippen LogP contribution in [0.15, 0.2) is 48.5 Å². The number of ether oxygens (including phenoxy) is 2. The number of benzene rings is 2. The van der Waals surface area contributed by atoms with Crippen LogP contribution in [0.4, 0.5) is 5.69 Å². The monoisotopic (exact) mass is 327 g/mol. The molecule has 24 heavy (non-hydrogen) atoms. The van der Waals surface area contributed by atoms with Crippen molar-refractivity contribution in [3.8, 4) is 11.5 Å². The summed E-state index contributed by atoms with van der Waals surface area (Å²) >= 11 is 0. The molecule has 0 unspecified atom stereocenters. The van der Waals surface area contributed by atoms with E-state index in [0.717, 1.165) is 23.4 Å². The van der Waals surface area contributed by atoms with E-state index >= 15 is 0 Å². The number of aryl methyl sites for hydroxylation is 1. The zero-order valence-electron chi connectivity index (χ0n) is 14.5. The van der Waals surface area contributed by atoms with Crippen molar-refractivity contribution < 1.29 is 14.3 Å². The van der Waals surface area contributed by atoms with Gasteiger partial charge in [0.05, 0.1) is 6.61 Å². The summed E-state index contributed by atoms with van der Waals surface area (Å²) in [5, 5.41) is 2.89. The largest absolute Gasteiger partial charge is 0.494 e. The van der Waals surface area contributed by atoms with Crippen LogP contribution < -0.4 is 14.8 Å². The van der Waals surface area contributed by atoms with Crippen LogP contribution in [0, 0.1) is 6.92 Å². The van der Waals surface area contributed by atoms with E-state index in [1.54, 1.807) is 0 Å². The third-order valence-corrected chi connectivity index (χ3v) is 3.53. The summed E-state index contributed by atoms with van der Waals surface area (Å²) < 4.78 is 11.4. The Kier molecular flexibility index (Phi) is 6.67. The van der Waals surface area contributed by atoms with Crippen molar-refractivity contribution in [2.75, 3.05) is 11.9 Å². The molecule has 2 rings (SSSR count). The summed E-state index contributed by atoms with van der Waals surface area (Å²) in [7, 11) is 0. The molecule has 4 heteroatoms. The number of amides is 1. The maximum atomic E-state index is 12.4. The fourth-order valence-corrected chi connectivity index (χ4v) is 2.25. The van der Waals surface area contributed by atoms with Crippen molar-refractivity contribution in [3.05, 3.63) is 54.1 Å². The first kappa shape index (κ1) is 17.9. The Hall–Kier alpha value is -2.49. The predicted molar refractivity (Wildman–Crippen MR) is 96.7 cm³/mol. The number of carbonyl (C=O) groups is 1. The lowest BCUT2D eigenvalue weighted by Crippen LogP contribution is -2.32. The minimum atomic E-state index is -0.525. The van der Waals surface area contributed by atoms with E-state index < -0.39 is 6.10 Å². The summed E-state index contributed by atoms with van der Waals surface area (Å²) in [5.41, 5.74) is 1.83. The van der Waals surface area contributed by atoms with Crippen LogP contribution in [0.5, 0.6) is 11.5 Å². The molecular formula is C20H25NO3. The van der Waals surface area contributed by atoms with Gasteiger partial charge in [-0.05, 0) is 61.7 Å². The Morgan fingerprint density at radius 3 is 2.46 bits per heavy atom. The second kappa shape index (κ2) is 8.96. The molecule has 128 valence electrons. The van der Waals surface area contributed by atoms with Gasteiger partial charge in [-0.1, -0.05) is 26.0 Å². The number of hydrogen-bond acceptors (Lipinski definition) is 3. The van der Waals surface area contributed by atoms with Gasteiger partial charge >= 0.3 is 0 Å². The molecule has 0 aliphatic carbocycles. The molecular weight excluding hydrogens is 302 g/mol. The molecule has 0 radical (unpaired) electrons. The van der Waals surface area contributed by atoms with Gasteiger partial charge in [0.15, 0.2) is 6.10 Å². The molecule has 0 fully saturated rings. The third kappa shape index (κ3) is 5.30. The first-order valence-corrected chi connectivity index (χ1v) is 8.39. The van der Waals surface area contributed by atoms with E-state index in [2.05, 4.69) is 12.2 Å². The van der Waals surface area contributed by atoms with E-state index in [-0.39, 0.29) is 5.91 Å². The van der Waals surface area contributed by atoms with Gasteiger partial charge < -0.3 is 14.8 Å². The SMILES string of the molecule is CCCOc1ccc(NC(=O)[C@H](CC)Oc2cccc(C)c2)cc1. The van der Waals surface area contributed by atoms with Crippen LogP contribution in [0.25, 0.3) is 0 Å². The normalized spacial score (nSPS) is 11.6. The highest BCUT2D eigenvalue weighted by molar-refractivity contribution is 5.94. The second-order valence-electron chi connectivity index (χ2n) is 5.69. The quantitative estimate of drug-likeness (QED) is 0.772. The Bertz CT molecular complexity index is 652. The van der Waals surface area contributed by atoms with Gasteiger partial charge in [-0.3, -0.25) is 4.79 Å². The molecule has 1 amide bonds. The number of anilines is 1. The molecule has 0 spiro atoms. The van der Waals surface area contributed by atoms with Crippen molar-refractivity contribution >= 4 is 11.6 Å². The van der Waals surface area contributed by atoms with Gasteiger partial charge in [-0.2, -0.15) is 0 Å². The highest BCUT2D eigenvalue weighted by Crippen LogP contribution is 2.18. The molecule has 1 N–H and O–H groups in total. The van der Waals surface area contributed by atoms with Crippen molar-refractivity contribution in [1.29, 1.82) is 0 Å². The van der Waals surface area contributed by atoms with Crippen LogP contribution in [0.1, 0.15) is 32.3 Å². The number of carbonyl (C=O) groups excluding carboxylic acids is 1. The Balaban J connectivity index is 1.96. The van der Waals surface area contributed by atoms with E-state index in [1.165, 1.54) is 0 Å². The average molecular weight is 327 g/mol.